The number of aromatic nitrogens is 3. The van der Waals surface area contributed by atoms with Crippen molar-refractivity contribution in [1.82, 2.24) is 15.0 Å². The first-order valence-corrected chi connectivity index (χ1v) is 21.4. The van der Waals surface area contributed by atoms with E-state index in [9.17, 15) is 0 Å². The van der Waals surface area contributed by atoms with Gasteiger partial charge in [0, 0.05) is 43.1 Å². The number of rotatable bonds is 6. The van der Waals surface area contributed by atoms with Gasteiger partial charge in [0.25, 0.3) is 0 Å². The minimum Gasteiger partial charge on any atom is -0.246 e. The molecule has 0 saturated carbocycles. The lowest BCUT2D eigenvalue weighted by atomic mass is 9.92. The van der Waals surface area contributed by atoms with E-state index in [2.05, 4.69) is 188 Å². The lowest BCUT2D eigenvalue weighted by Crippen LogP contribution is -1.96. The third-order valence-electron chi connectivity index (χ3n) is 11.9. The van der Waals surface area contributed by atoms with Gasteiger partial charge in [-0.2, -0.15) is 0 Å². The second-order valence-electron chi connectivity index (χ2n) is 15.5. The molecule has 0 N–H and O–H groups in total. The average molecular weight is 794 g/mol. The number of hydrogen-bond acceptors (Lipinski definition) is 4. The van der Waals surface area contributed by atoms with Crippen molar-refractivity contribution >= 4 is 64.0 Å². The zero-order valence-corrected chi connectivity index (χ0v) is 33.8. The summed E-state index contributed by atoms with van der Waals surface area (Å²) in [6.45, 7) is 0. The van der Waals surface area contributed by atoms with Gasteiger partial charge < -0.3 is 0 Å². The molecule has 12 aromatic rings. The topological polar surface area (TPSA) is 38.7 Å². The Morgan fingerprint density at radius 1 is 0.328 bits per heavy atom. The molecule has 61 heavy (non-hydrogen) atoms. The van der Waals surface area contributed by atoms with Crippen LogP contribution in [0, 0.1) is 0 Å². The first-order chi connectivity index (χ1) is 30.2. The number of fused-ring (bicyclic) bond motifs is 8. The van der Waals surface area contributed by atoms with Crippen molar-refractivity contribution in [2.45, 2.75) is 0 Å². The van der Waals surface area contributed by atoms with Gasteiger partial charge in [0.1, 0.15) is 0 Å². The van der Waals surface area contributed by atoms with Crippen molar-refractivity contribution in [2.75, 3.05) is 0 Å². The Hall–Kier alpha value is -7.79. The molecule has 3 heterocycles. The normalized spacial score (nSPS) is 11.6. The molecule has 0 atom stereocenters. The molecule has 0 amide bonds. The van der Waals surface area contributed by atoms with Gasteiger partial charge in [-0.1, -0.05) is 182 Å². The van der Waals surface area contributed by atoms with Gasteiger partial charge in [-0.25, -0.2) is 15.0 Å². The quantitative estimate of drug-likeness (QED) is 0.157. The number of nitrogens with zero attached hydrogens (tertiary/aromatic N) is 3. The summed E-state index contributed by atoms with van der Waals surface area (Å²) in [6, 6.07) is 75.5. The summed E-state index contributed by atoms with van der Waals surface area (Å²) < 4.78 is 2.45. The highest BCUT2D eigenvalue weighted by Crippen LogP contribution is 2.47. The molecule has 0 fully saturated rings. The van der Waals surface area contributed by atoms with Crippen molar-refractivity contribution in [1.29, 1.82) is 0 Å². The molecule has 12 rings (SSSR count). The second-order valence-corrected chi connectivity index (χ2v) is 16.6. The van der Waals surface area contributed by atoms with E-state index in [0.717, 1.165) is 61.4 Å². The molecular weight excluding hydrogens is 759 g/mol. The summed E-state index contributed by atoms with van der Waals surface area (Å²) in [7, 11) is 0. The summed E-state index contributed by atoms with van der Waals surface area (Å²) in [6.07, 6.45) is 0. The third kappa shape index (κ3) is 6.07. The van der Waals surface area contributed by atoms with Crippen molar-refractivity contribution in [2.24, 2.45) is 0 Å². The van der Waals surface area contributed by atoms with Crippen LogP contribution in [0.2, 0.25) is 0 Å². The standard InChI is InChI=1S/C57H35N3S/c1-3-15-36(16-4-1)37-29-31-38(32-30-37)50-35-51(60-57(59-50)39-17-5-2-6-18-39)42-21-13-20-40(33-42)44-26-14-27-49-53(44)54-47-25-11-12-28-52(47)61-56(54)55(58-49)48-34-41-19-7-8-22-43(41)45-23-9-10-24-46(45)48/h1-35H. The van der Waals surface area contributed by atoms with Crippen molar-refractivity contribution in [3.63, 3.8) is 0 Å². The molecule has 9 aromatic carbocycles. The monoisotopic (exact) mass is 793 g/mol. The highest BCUT2D eigenvalue weighted by molar-refractivity contribution is 7.26. The van der Waals surface area contributed by atoms with E-state index in [1.165, 1.54) is 52.8 Å². The fraction of sp³-hybridized carbons (Fsp3) is 0. The first kappa shape index (κ1) is 35.2. The Kier molecular flexibility index (Phi) is 8.36. The van der Waals surface area contributed by atoms with E-state index in [4.69, 9.17) is 15.0 Å². The van der Waals surface area contributed by atoms with Gasteiger partial charge in [-0.15, -0.1) is 11.3 Å². The third-order valence-corrected chi connectivity index (χ3v) is 13.1. The molecular formula is C57H35N3S. The van der Waals surface area contributed by atoms with Crippen LogP contribution in [0.1, 0.15) is 0 Å². The van der Waals surface area contributed by atoms with Crippen LogP contribution in [-0.2, 0) is 0 Å². The summed E-state index contributed by atoms with van der Waals surface area (Å²) in [5, 5.41) is 8.57. The van der Waals surface area contributed by atoms with Crippen molar-refractivity contribution in [3.8, 4) is 67.4 Å². The van der Waals surface area contributed by atoms with Crippen LogP contribution >= 0.6 is 11.3 Å². The smallest absolute Gasteiger partial charge is 0.160 e. The van der Waals surface area contributed by atoms with Crippen LogP contribution in [0.25, 0.3) is 120 Å². The van der Waals surface area contributed by atoms with Crippen LogP contribution < -0.4 is 0 Å². The maximum absolute atomic E-state index is 5.60. The predicted molar refractivity (Wildman–Crippen MR) is 258 cm³/mol. The molecule has 0 aliphatic heterocycles. The molecule has 0 aliphatic carbocycles. The van der Waals surface area contributed by atoms with Crippen LogP contribution in [0.4, 0.5) is 0 Å². The minimum atomic E-state index is 0.695. The minimum absolute atomic E-state index is 0.695. The zero-order chi connectivity index (χ0) is 40.3. The SMILES string of the molecule is c1ccc(-c2ccc(-c3cc(-c4cccc(-c5cccc6nc(-c7cc8ccccc8c8ccccc78)c7sc8ccccc8c7c56)c4)nc(-c4ccccc4)n3)cc2)cc1. The molecule has 0 aliphatic rings. The van der Waals surface area contributed by atoms with E-state index >= 15 is 0 Å². The van der Waals surface area contributed by atoms with Gasteiger partial charge in [0.05, 0.1) is 27.3 Å². The molecule has 3 aromatic heterocycles. The summed E-state index contributed by atoms with van der Waals surface area (Å²) >= 11 is 1.83. The molecule has 4 heteroatoms. The summed E-state index contributed by atoms with van der Waals surface area (Å²) in [5.74, 6) is 0.695. The molecule has 284 valence electrons. The number of hydrogen-bond donors (Lipinski definition) is 0. The predicted octanol–water partition coefficient (Wildman–Crippen LogP) is 15.7. The number of benzene rings is 9. The van der Waals surface area contributed by atoms with Crippen LogP contribution in [0.3, 0.4) is 0 Å². The number of pyridine rings is 1. The molecule has 0 unspecified atom stereocenters. The van der Waals surface area contributed by atoms with Crippen LogP contribution in [-0.4, -0.2) is 15.0 Å². The highest BCUT2D eigenvalue weighted by Gasteiger charge is 2.21. The van der Waals surface area contributed by atoms with Crippen LogP contribution in [0.15, 0.2) is 212 Å². The van der Waals surface area contributed by atoms with Gasteiger partial charge in [-0.3, -0.25) is 0 Å². The lowest BCUT2D eigenvalue weighted by Gasteiger charge is -2.15. The maximum Gasteiger partial charge on any atom is 0.160 e. The van der Waals surface area contributed by atoms with Gasteiger partial charge in [0.2, 0.25) is 0 Å². The fourth-order valence-corrected chi connectivity index (χ4v) is 10.2. The highest BCUT2D eigenvalue weighted by atomic mass is 32.1. The molecule has 3 nitrogen and oxygen atoms in total. The molecule has 0 bridgehead atoms. The van der Waals surface area contributed by atoms with E-state index < -0.39 is 0 Å². The number of thiophene rings is 1. The Balaban J connectivity index is 1.05. The summed E-state index contributed by atoms with van der Waals surface area (Å²) in [5.41, 5.74) is 12.6. The van der Waals surface area contributed by atoms with E-state index in [-0.39, 0.29) is 0 Å². The average Bonchev–Trinajstić information content (AvgIpc) is 3.74. The van der Waals surface area contributed by atoms with Gasteiger partial charge in [0.15, 0.2) is 5.82 Å². The molecule has 0 radical (unpaired) electrons. The maximum atomic E-state index is 5.60. The van der Waals surface area contributed by atoms with Crippen molar-refractivity contribution in [3.05, 3.63) is 212 Å². The first-order valence-electron chi connectivity index (χ1n) is 20.6. The Labute approximate surface area is 356 Å². The molecule has 0 spiro atoms. The van der Waals surface area contributed by atoms with Gasteiger partial charge in [-0.05, 0) is 74.1 Å². The Morgan fingerprint density at radius 3 is 1.72 bits per heavy atom. The Bertz CT molecular complexity index is 3630. The zero-order valence-electron chi connectivity index (χ0n) is 33.0. The fourth-order valence-electron chi connectivity index (χ4n) is 8.97. The Morgan fingerprint density at radius 2 is 0.918 bits per heavy atom. The van der Waals surface area contributed by atoms with Crippen LogP contribution in [0.5, 0.6) is 0 Å². The van der Waals surface area contributed by atoms with E-state index in [1.54, 1.807) is 0 Å². The second kappa shape index (κ2) is 14.5. The summed E-state index contributed by atoms with van der Waals surface area (Å²) in [4.78, 5) is 15.9. The largest absolute Gasteiger partial charge is 0.246 e. The van der Waals surface area contributed by atoms with Gasteiger partial charge >= 0.3 is 0 Å². The molecule has 0 saturated heterocycles. The lowest BCUT2D eigenvalue weighted by molar-refractivity contribution is 1.18. The van der Waals surface area contributed by atoms with E-state index in [1.807, 2.05) is 35.6 Å². The van der Waals surface area contributed by atoms with E-state index in [0.29, 0.717) is 5.82 Å². The van der Waals surface area contributed by atoms with Crippen molar-refractivity contribution < 1.29 is 0 Å².